The van der Waals surface area contributed by atoms with Gasteiger partial charge in [-0.3, -0.25) is 10.2 Å². The van der Waals surface area contributed by atoms with Gasteiger partial charge in [-0.05, 0) is 12.1 Å². The highest BCUT2D eigenvalue weighted by molar-refractivity contribution is 6.57. The van der Waals surface area contributed by atoms with Gasteiger partial charge in [0, 0.05) is 0 Å². The second-order valence-electron chi connectivity index (χ2n) is 1.94. The van der Waals surface area contributed by atoms with Crippen molar-refractivity contribution in [2.45, 2.75) is 0 Å². The van der Waals surface area contributed by atoms with Crippen LogP contribution in [0.5, 0.6) is 0 Å². The molecule has 56 valence electrons. The van der Waals surface area contributed by atoms with E-state index in [9.17, 15) is 4.79 Å². The molecule has 0 atom stereocenters. The number of furan rings is 1. The van der Waals surface area contributed by atoms with Crippen LogP contribution >= 0.6 is 0 Å². The fourth-order valence-corrected chi connectivity index (χ4v) is 0.681. The maximum Gasteiger partial charge on any atom is 0.357 e. The summed E-state index contributed by atoms with van der Waals surface area (Å²) in [4.78, 5) is 10.4. The molecule has 0 aliphatic rings. The second-order valence-corrected chi connectivity index (χ2v) is 2.85. The topological polar surface area (TPSA) is 54.6 Å². The highest BCUT2D eigenvalue weighted by atomic mass is 27.0. The van der Waals surface area contributed by atoms with Crippen LogP contribution in [0.2, 0.25) is 0 Å². The predicted molar refractivity (Wildman–Crippen MR) is 43.4 cm³/mol. The molecule has 1 amide bonds. The van der Waals surface area contributed by atoms with E-state index in [-0.39, 0.29) is 4.77 Å². The molecule has 0 saturated carbocycles. The number of carbonyl (C=O) groups excluding carboxylic acids is 1. The Morgan fingerprint density at radius 1 is 1.82 bits per heavy atom. The van der Waals surface area contributed by atoms with Crippen molar-refractivity contribution >= 4 is 27.3 Å². The van der Waals surface area contributed by atoms with E-state index in [4.69, 9.17) is 4.42 Å². The zero-order valence-corrected chi connectivity index (χ0v) is 8.07. The van der Waals surface area contributed by atoms with Gasteiger partial charge in [-0.2, -0.15) is 5.10 Å². The van der Waals surface area contributed by atoms with Gasteiger partial charge in [-0.15, -0.1) is 0 Å². The molecule has 0 aliphatic carbocycles. The molecular weight excluding hydrogens is 159 g/mol. The Bertz CT molecular complexity index is 256. The van der Waals surface area contributed by atoms with Crippen LogP contribution in [0.3, 0.4) is 0 Å². The van der Waals surface area contributed by atoms with Crippen LogP contribution in [-0.2, 0) is 0 Å². The summed E-state index contributed by atoms with van der Waals surface area (Å²) >= 11 is 0.458. The summed E-state index contributed by atoms with van der Waals surface area (Å²) in [6, 6.07) is 3.51. The molecule has 0 unspecified atom stereocenters. The molecule has 0 bridgehead atoms. The SMILES string of the molecule is O=[C]([AlH2])N/N=C/c1ccco1. The van der Waals surface area contributed by atoms with Crippen LogP contribution in [0.25, 0.3) is 0 Å². The molecule has 11 heavy (non-hydrogen) atoms. The first kappa shape index (κ1) is 8.05. The summed E-state index contributed by atoms with van der Waals surface area (Å²) in [5.41, 5.74) is 2.32. The minimum Gasteiger partial charge on any atom is -0.463 e. The monoisotopic (exact) mass is 166 g/mol. The number of hydrogen-bond acceptors (Lipinski definition) is 3. The Balaban J connectivity index is 2.43. The number of hydrazone groups is 1. The molecule has 1 aromatic rings. The van der Waals surface area contributed by atoms with Crippen molar-refractivity contribution in [3.63, 3.8) is 0 Å². The van der Waals surface area contributed by atoms with E-state index < -0.39 is 0 Å². The lowest BCUT2D eigenvalue weighted by Crippen LogP contribution is -2.14. The highest BCUT2D eigenvalue weighted by Crippen LogP contribution is 1.93. The summed E-state index contributed by atoms with van der Waals surface area (Å²) in [7, 11) is 0. The zero-order chi connectivity index (χ0) is 8.10. The highest BCUT2D eigenvalue weighted by Gasteiger charge is 1.87. The predicted octanol–water partition coefficient (Wildman–Crippen LogP) is -0.0438. The first-order valence-corrected chi connectivity index (χ1v) is 4.12. The van der Waals surface area contributed by atoms with Crippen LogP contribution in [0.4, 0.5) is 4.79 Å². The molecule has 0 fully saturated rings. The van der Waals surface area contributed by atoms with E-state index >= 15 is 0 Å². The number of nitrogens with one attached hydrogen (secondary N) is 1. The van der Waals surface area contributed by atoms with Gasteiger partial charge < -0.3 is 4.42 Å². The van der Waals surface area contributed by atoms with Gasteiger partial charge in [0.05, 0.1) is 12.5 Å². The average molecular weight is 166 g/mol. The fourth-order valence-electron chi connectivity index (χ4n) is 0.552. The van der Waals surface area contributed by atoms with E-state index in [0.717, 1.165) is 0 Å². The Hall–Kier alpha value is -1.05. The third-order valence-electron chi connectivity index (χ3n) is 0.957. The lowest BCUT2D eigenvalue weighted by atomic mass is 10.5. The van der Waals surface area contributed by atoms with E-state index in [2.05, 4.69) is 10.5 Å². The molecule has 4 nitrogen and oxygen atoms in total. The average Bonchev–Trinajstić information content (AvgIpc) is 2.39. The minimum atomic E-state index is -0.0622. The Kier molecular flexibility index (Phi) is 2.90. The lowest BCUT2D eigenvalue weighted by molar-refractivity contribution is 0.260. The Morgan fingerprint density at radius 3 is 3.18 bits per heavy atom. The molecule has 1 N–H and O–H groups in total. The smallest absolute Gasteiger partial charge is 0.357 e. The van der Waals surface area contributed by atoms with Gasteiger partial charge in [0.25, 0.3) is 0 Å². The van der Waals surface area contributed by atoms with Crippen molar-refractivity contribution in [2.24, 2.45) is 5.10 Å². The Morgan fingerprint density at radius 2 is 2.64 bits per heavy atom. The maximum atomic E-state index is 10.4. The minimum absolute atomic E-state index is 0.0622. The Labute approximate surface area is 71.7 Å². The van der Waals surface area contributed by atoms with Gasteiger partial charge in [0.15, 0.2) is 0 Å². The van der Waals surface area contributed by atoms with Crippen molar-refractivity contribution in [1.29, 1.82) is 0 Å². The molecule has 0 aromatic carbocycles. The molecule has 0 aliphatic heterocycles. The van der Waals surface area contributed by atoms with Crippen molar-refractivity contribution < 1.29 is 9.21 Å². The third kappa shape index (κ3) is 3.03. The lowest BCUT2D eigenvalue weighted by Gasteiger charge is -1.88. The van der Waals surface area contributed by atoms with Crippen LogP contribution < -0.4 is 5.43 Å². The second kappa shape index (κ2) is 3.96. The maximum absolute atomic E-state index is 10.4. The van der Waals surface area contributed by atoms with Crippen LogP contribution in [0, 0.1) is 0 Å². The number of nitrogens with zero attached hydrogens (tertiary/aromatic N) is 1. The first-order valence-electron chi connectivity index (χ1n) is 3.12. The molecule has 0 spiro atoms. The van der Waals surface area contributed by atoms with Gasteiger partial charge in [0.2, 0.25) is 0 Å². The van der Waals surface area contributed by atoms with Crippen molar-refractivity contribution in [1.82, 2.24) is 5.43 Å². The van der Waals surface area contributed by atoms with E-state index in [1.807, 2.05) is 0 Å². The quantitative estimate of drug-likeness (QED) is 0.380. The first-order chi connectivity index (χ1) is 5.29. The number of rotatable bonds is 2. The summed E-state index contributed by atoms with van der Waals surface area (Å²) < 4.78 is 4.86. The van der Waals surface area contributed by atoms with Crippen LogP contribution in [0.1, 0.15) is 5.76 Å². The third-order valence-corrected chi connectivity index (χ3v) is 1.18. The molecule has 0 saturated heterocycles. The number of amides is 1. The summed E-state index contributed by atoms with van der Waals surface area (Å²) in [6.45, 7) is 0. The number of carbonyl (C=O) groups is 1. The number of hydrogen-bond donors (Lipinski definition) is 1. The van der Waals surface area contributed by atoms with Crippen LogP contribution in [-0.4, -0.2) is 27.3 Å². The molecule has 5 heteroatoms. The van der Waals surface area contributed by atoms with Gasteiger partial charge >= 0.3 is 16.3 Å². The van der Waals surface area contributed by atoms with E-state index in [1.165, 1.54) is 6.21 Å². The standard InChI is InChI=1S/C6H5N2O2.Al.2H/c9-5-8-7-4-6-2-1-3-10-6;;;/h1-4H,(H,8,9);;;/b7-4+;;;. The van der Waals surface area contributed by atoms with Crippen molar-refractivity contribution in [3.8, 4) is 0 Å². The van der Waals surface area contributed by atoms with E-state index in [1.54, 1.807) is 18.4 Å². The molecule has 1 rings (SSSR count). The van der Waals surface area contributed by atoms with E-state index in [0.29, 0.717) is 22.1 Å². The van der Waals surface area contributed by atoms with Crippen molar-refractivity contribution in [2.75, 3.05) is 0 Å². The fraction of sp³-hybridized carbons (Fsp3) is 0. The van der Waals surface area contributed by atoms with Gasteiger partial charge in [-0.25, -0.2) is 0 Å². The van der Waals surface area contributed by atoms with Gasteiger partial charge in [-0.1, -0.05) is 0 Å². The normalized spacial score (nSPS) is 10.2. The molecule has 0 radical (unpaired) electrons. The largest absolute Gasteiger partial charge is 0.463 e. The van der Waals surface area contributed by atoms with Crippen LogP contribution in [0.15, 0.2) is 27.9 Å². The molecule has 1 aromatic heterocycles. The van der Waals surface area contributed by atoms with Crippen molar-refractivity contribution in [3.05, 3.63) is 24.2 Å². The van der Waals surface area contributed by atoms with Gasteiger partial charge in [0.1, 0.15) is 10.5 Å². The zero-order valence-electron chi connectivity index (χ0n) is 6.07. The summed E-state index contributed by atoms with van der Waals surface area (Å²) in [5, 5.41) is 3.63. The molecular formula is C6H7AlN2O2. The summed E-state index contributed by atoms with van der Waals surface area (Å²) in [6.07, 6.45) is 3.00. The summed E-state index contributed by atoms with van der Waals surface area (Å²) in [5.74, 6) is 0.625. The molecule has 1 heterocycles.